The summed E-state index contributed by atoms with van der Waals surface area (Å²) in [5.74, 6) is 0. The number of nitrogens with one attached hydrogen (secondary N) is 1. The van der Waals surface area contributed by atoms with Crippen molar-refractivity contribution in [1.82, 2.24) is 9.81 Å². The fourth-order valence-corrected chi connectivity index (χ4v) is 1.72. The van der Waals surface area contributed by atoms with E-state index in [2.05, 4.69) is 10.0 Å². The van der Waals surface area contributed by atoms with Gasteiger partial charge in [0.1, 0.15) is 22.8 Å². The van der Waals surface area contributed by atoms with E-state index in [-0.39, 0.29) is 12.1 Å². The summed E-state index contributed by atoms with van der Waals surface area (Å²) in [6, 6.07) is 0.0314. The van der Waals surface area contributed by atoms with E-state index in [0.717, 1.165) is 12.8 Å². The van der Waals surface area contributed by atoms with Gasteiger partial charge in [-0.05, 0) is 33.6 Å². The summed E-state index contributed by atoms with van der Waals surface area (Å²) in [5.41, 5.74) is 6.14. The normalized spacial score (nSPS) is 20.4. The maximum absolute atomic E-state index is 11.8. The number of carbonyl (C=O) groups is 1. The van der Waals surface area contributed by atoms with Gasteiger partial charge in [-0.3, -0.25) is 0 Å². The second-order valence-corrected chi connectivity index (χ2v) is 4.89. The first-order valence-electron chi connectivity index (χ1n) is 5.47. The number of ether oxygens (including phenoxy) is 1. The molecule has 1 heterocycles. The van der Waals surface area contributed by atoms with Crippen LogP contribution in [-0.2, 0) is 4.74 Å². The lowest BCUT2D eigenvalue weighted by Gasteiger charge is -2.27. The van der Waals surface area contributed by atoms with Crippen LogP contribution in [0.2, 0.25) is 0 Å². The van der Waals surface area contributed by atoms with Crippen molar-refractivity contribution in [2.75, 3.05) is 13.1 Å². The van der Waals surface area contributed by atoms with Crippen molar-refractivity contribution in [3.63, 3.8) is 0 Å². The molecule has 0 spiro atoms. The lowest BCUT2D eigenvalue weighted by atomic mass is 10.2. The Bertz CT molecular complexity index is 304. The third-order valence-corrected chi connectivity index (χ3v) is 2.37. The highest BCUT2D eigenvalue weighted by Crippen LogP contribution is 2.20. The highest BCUT2D eigenvalue weighted by Gasteiger charge is 2.32. The van der Waals surface area contributed by atoms with Crippen LogP contribution in [0.3, 0.4) is 0 Å². The molecule has 1 saturated heterocycles. The Kier molecular flexibility index (Phi) is 4.01. The molecule has 1 N–H and O–H groups in total. The van der Waals surface area contributed by atoms with Crippen LogP contribution in [0.15, 0.2) is 5.11 Å². The summed E-state index contributed by atoms with van der Waals surface area (Å²) in [5, 5.41) is 3.63. The van der Waals surface area contributed by atoms with Gasteiger partial charge in [-0.15, -0.1) is 0 Å². The maximum atomic E-state index is 11.8. The van der Waals surface area contributed by atoms with Crippen LogP contribution < -0.4 is 4.91 Å². The number of hydrogen-bond donors (Lipinski definition) is 1. The molecule has 1 aliphatic rings. The van der Waals surface area contributed by atoms with E-state index < -0.39 is 5.60 Å². The number of rotatable bonds is 2. The van der Waals surface area contributed by atoms with E-state index in [1.54, 1.807) is 4.90 Å². The van der Waals surface area contributed by atoms with Gasteiger partial charge in [-0.25, -0.2) is 4.79 Å². The molecule has 1 rings (SSSR count). The monoisotopic (exact) mass is 227 g/mol. The van der Waals surface area contributed by atoms with Crippen molar-refractivity contribution >= 4 is 6.09 Å². The Labute approximate surface area is 95.2 Å². The number of likely N-dealkylation sites (tertiary alicyclic amines) is 1. The molecule has 1 fully saturated rings. The Hall–Kier alpha value is -1.42. The Morgan fingerprint density at radius 3 is 2.88 bits per heavy atom. The van der Waals surface area contributed by atoms with Crippen LogP contribution in [0, 0.1) is 5.53 Å². The summed E-state index contributed by atoms with van der Waals surface area (Å²) in [7, 11) is 0. The smallest absolute Gasteiger partial charge is 0.410 e. The van der Waals surface area contributed by atoms with Crippen molar-refractivity contribution in [3.8, 4) is 0 Å². The van der Waals surface area contributed by atoms with Gasteiger partial charge in [0.2, 0.25) is 4.91 Å². The molecule has 0 aromatic rings. The second-order valence-electron chi connectivity index (χ2n) is 4.89. The molecule has 0 radical (unpaired) electrons. The molecule has 0 aromatic carbocycles. The van der Waals surface area contributed by atoms with Gasteiger partial charge in [-0.2, -0.15) is 0 Å². The van der Waals surface area contributed by atoms with Gasteiger partial charge in [0.25, 0.3) is 0 Å². The van der Waals surface area contributed by atoms with Gasteiger partial charge in [0.15, 0.2) is 0 Å². The maximum Gasteiger partial charge on any atom is 0.410 e. The number of hydrogen-bond acceptors (Lipinski definition) is 4. The molecule has 0 aliphatic carbocycles. The predicted molar refractivity (Wildman–Crippen MR) is 58.1 cm³/mol. The number of carbonyl (C=O) groups excluding carboxylic acids is 1. The molecule has 0 bridgehead atoms. The van der Waals surface area contributed by atoms with E-state index >= 15 is 0 Å². The molecule has 6 nitrogen and oxygen atoms in total. The first-order valence-corrected chi connectivity index (χ1v) is 5.47. The molecule has 1 aliphatic heterocycles. The molecular weight excluding hydrogens is 208 g/mol. The van der Waals surface area contributed by atoms with Gasteiger partial charge in [0.05, 0.1) is 6.04 Å². The Morgan fingerprint density at radius 2 is 2.31 bits per heavy atom. The lowest BCUT2D eigenvalue weighted by molar-refractivity contribution is 0.0231. The minimum absolute atomic E-state index is 0.0314. The van der Waals surface area contributed by atoms with Crippen molar-refractivity contribution in [2.45, 2.75) is 45.3 Å². The zero-order chi connectivity index (χ0) is 12.2. The van der Waals surface area contributed by atoms with Gasteiger partial charge in [0, 0.05) is 6.54 Å². The molecule has 6 heteroatoms. The fraction of sp³-hybridized carbons (Fsp3) is 0.900. The SMILES string of the molecule is CC(C)(C)OC(=O)N1CCC[C@H]1CN=[N+]=N. The summed E-state index contributed by atoms with van der Waals surface area (Å²) in [4.78, 5) is 16.5. The Morgan fingerprint density at radius 1 is 1.62 bits per heavy atom. The zero-order valence-electron chi connectivity index (χ0n) is 10.1. The highest BCUT2D eigenvalue weighted by atomic mass is 16.6. The van der Waals surface area contributed by atoms with Gasteiger partial charge in [-0.1, -0.05) is 0 Å². The second kappa shape index (κ2) is 5.07. The number of amides is 1. The largest absolute Gasteiger partial charge is 0.444 e. The summed E-state index contributed by atoms with van der Waals surface area (Å²) in [6.45, 7) is 6.63. The van der Waals surface area contributed by atoms with Gasteiger partial charge >= 0.3 is 6.09 Å². The predicted octanol–water partition coefficient (Wildman–Crippen LogP) is 1.94. The molecule has 0 unspecified atom stereocenters. The van der Waals surface area contributed by atoms with Crippen LogP contribution in [0.4, 0.5) is 4.79 Å². The van der Waals surface area contributed by atoms with E-state index in [4.69, 9.17) is 10.3 Å². The van der Waals surface area contributed by atoms with E-state index in [1.807, 2.05) is 20.8 Å². The van der Waals surface area contributed by atoms with E-state index in [0.29, 0.717) is 13.1 Å². The minimum Gasteiger partial charge on any atom is -0.444 e. The number of nitrogens with zero attached hydrogens (tertiary/aromatic N) is 3. The van der Waals surface area contributed by atoms with Crippen molar-refractivity contribution in [3.05, 3.63) is 0 Å². The first-order chi connectivity index (χ1) is 7.44. The summed E-state index contributed by atoms with van der Waals surface area (Å²) in [6.07, 6.45) is 1.56. The standard InChI is InChI=1S/C10H19N4O2/c1-10(2,3)16-9(15)14-6-4-5-8(14)7-12-13-11/h8,11H,4-7H2,1-3H3/q+1/t8-/m0/s1. The first kappa shape index (κ1) is 12.6. The molecular formula is C10H19N4O2+. The van der Waals surface area contributed by atoms with Crippen LogP contribution in [0.25, 0.3) is 0 Å². The summed E-state index contributed by atoms with van der Waals surface area (Å²) >= 11 is 0. The molecule has 0 aromatic heterocycles. The van der Waals surface area contributed by atoms with Crippen molar-refractivity contribution < 1.29 is 9.53 Å². The Balaban J connectivity index is 2.57. The molecule has 1 amide bonds. The minimum atomic E-state index is -0.471. The van der Waals surface area contributed by atoms with Crippen LogP contribution in [0.1, 0.15) is 33.6 Å². The fourth-order valence-electron chi connectivity index (χ4n) is 1.72. The topological polar surface area (TPSA) is 79.8 Å². The summed E-state index contributed by atoms with van der Waals surface area (Å²) < 4.78 is 5.30. The van der Waals surface area contributed by atoms with E-state index in [9.17, 15) is 4.79 Å². The molecule has 90 valence electrons. The zero-order valence-corrected chi connectivity index (χ0v) is 10.1. The van der Waals surface area contributed by atoms with Crippen molar-refractivity contribution in [1.29, 1.82) is 5.53 Å². The highest BCUT2D eigenvalue weighted by molar-refractivity contribution is 5.69. The van der Waals surface area contributed by atoms with Gasteiger partial charge < -0.3 is 9.64 Å². The van der Waals surface area contributed by atoms with Crippen LogP contribution in [-0.4, -0.2) is 35.7 Å². The van der Waals surface area contributed by atoms with E-state index in [1.165, 1.54) is 0 Å². The molecule has 1 atom stereocenters. The quantitative estimate of drug-likeness (QED) is 0.577. The third-order valence-electron chi connectivity index (χ3n) is 2.37. The lowest BCUT2D eigenvalue weighted by Crippen LogP contribution is -2.41. The van der Waals surface area contributed by atoms with Crippen LogP contribution >= 0.6 is 0 Å². The molecule has 16 heavy (non-hydrogen) atoms. The third kappa shape index (κ3) is 3.62. The average molecular weight is 227 g/mol. The molecule has 0 saturated carbocycles. The average Bonchev–Trinajstić information content (AvgIpc) is 2.59. The van der Waals surface area contributed by atoms with Crippen molar-refractivity contribution in [2.24, 2.45) is 5.11 Å². The van der Waals surface area contributed by atoms with Crippen LogP contribution in [0.5, 0.6) is 0 Å².